The number of hydrogen-bond acceptors (Lipinski definition) is 6. The fourth-order valence-corrected chi connectivity index (χ4v) is 4.72. The molecule has 168 valence electrons. The van der Waals surface area contributed by atoms with Crippen LogP contribution in [0.2, 0.25) is 0 Å². The lowest BCUT2D eigenvalue weighted by atomic mass is 9.96. The van der Waals surface area contributed by atoms with E-state index in [0.717, 1.165) is 11.1 Å². The highest BCUT2D eigenvalue weighted by molar-refractivity contribution is 7.07. The molecule has 1 aliphatic heterocycles. The number of hydrogen-bond donors (Lipinski definition) is 0. The third-order valence-electron chi connectivity index (χ3n) is 5.28. The van der Waals surface area contributed by atoms with E-state index in [1.54, 1.807) is 31.6 Å². The van der Waals surface area contributed by atoms with Crippen LogP contribution in [-0.4, -0.2) is 24.3 Å². The van der Waals surface area contributed by atoms with Crippen LogP contribution in [0.15, 0.2) is 81.7 Å². The number of aromatic nitrogens is 1. The average Bonchev–Trinajstić information content (AvgIpc) is 3.13. The van der Waals surface area contributed by atoms with Gasteiger partial charge in [-0.15, -0.1) is 0 Å². The predicted octanol–water partition coefficient (Wildman–Crippen LogP) is 3.47. The fraction of sp³-hybridized carbons (Fsp3) is 0.192. The number of esters is 1. The molecule has 0 N–H and O–H groups in total. The monoisotopic (exact) mass is 460 g/mol. The van der Waals surface area contributed by atoms with Crippen LogP contribution in [0.5, 0.6) is 5.75 Å². The Kier molecular flexibility index (Phi) is 6.70. The van der Waals surface area contributed by atoms with Crippen LogP contribution in [-0.2, 0) is 9.53 Å². The molecule has 1 aliphatic rings. The van der Waals surface area contributed by atoms with Gasteiger partial charge in [-0.3, -0.25) is 9.36 Å². The minimum Gasteiger partial charge on any atom is -0.497 e. The molecule has 3 aromatic rings. The smallest absolute Gasteiger partial charge is 0.338 e. The summed E-state index contributed by atoms with van der Waals surface area (Å²) in [5, 5.41) is 0. The predicted molar refractivity (Wildman–Crippen MR) is 130 cm³/mol. The number of fused-ring (bicyclic) bond motifs is 1. The Bertz CT molecular complexity index is 1400. The van der Waals surface area contributed by atoms with Crippen LogP contribution >= 0.6 is 11.3 Å². The van der Waals surface area contributed by atoms with Crippen molar-refractivity contribution in [2.45, 2.75) is 19.9 Å². The van der Waals surface area contributed by atoms with Gasteiger partial charge in [-0.05, 0) is 43.2 Å². The quantitative estimate of drug-likeness (QED) is 0.528. The molecule has 0 aliphatic carbocycles. The second kappa shape index (κ2) is 9.83. The Morgan fingerprint density at radius 3 is 2.55 bits per heavy atom. The van der Waals surface area contributed by atoms with Crippen molar-refractivity contribution in [3.05, 3.63) is 103 Å². The lowest BCUT2D eigenvalue weighted by molar-refractivity contribution is -0.139. The molecule has 0 spiro atoms. The summed E-state index contributed by atoms with van der Waals surface area (Å²) >= 11 is 1.30. The van der Waals surface area contributed by atoms with Gasteiger partial charge in [0.2, 0.25) is 0 Å². The minimum atomic E-state index is -0.633. The van der Waals surface area contributed by atoms with Gasteiger partial charge in [0, 0.05) is 0 Å². The van der Waals surface area contributed by atoms with Crippen LogP contribution in [0.1, 0.15) is 31.0 Å². The van der Waals surface area contributed by atoms with Crippen molar-refractivity contribution in [1.29, 1.82) is 0 Å². The molecule has 2 aromatic carbocycles. The average molecular weight is 461 g/mol. The standard InChI is InChI=1S/C26H24N2O4S/c1-4-32-25(30)22-17(2)27-26-28(23(22)19-13-15-20(31-3)16-14-19)24(29)21(33-26)12-8-11-18-9-6-5-7-10-18/h5-16,23H,4H2,1-3H3/b11-8+,21-12+. The molecule has 1 unspecified atom stereocenters. The summed E-state index contributed by atoms with van der Waals surface area (Å²) in [6.45, 7) is 3.76. The van der Waals surface area contributed by atoms with Crippen LogP contribution in [0.4, 0.5) is 0 Å². The Morgan fingerprint density at radius 1 is 1.15 bits per heavy atom. The number of ether oxygens (including phenoxy) is 2. The molecule has 0 radical (unpaired) electrons. The first-order valence-corrected chi connectivity index (χ1v) is 11.4. The molecule has 0 fully saturated rings. The fourth-order valence-electron chi connectivity index (χ4n) is 3.72. The summed E-state index contributed by atoms with van der Waals surface area (Å²) in [4.78, 5) is 31.4. The number of carbonyl (C=O) groups is 1. The molecule has 4 rings (SSSR count). The Labute approximate surface area is 195 Å². The van der Waals surface area contributed by atoms with Crippen LogP contribution in [0.3, 0.4) is 0 Å². The molecule has 33 heavy (non-hydrogen) atoms. The minimum absolute atomic E-state index is 0.202. The van der Waals surface area contributed by atoms with E-state index in [2.05, 4.69) is 4.99 Å². The van der Waals surface area contributed by atoms with Crippen molar-refractivity contribution in [3.8, 4) is 5.75 Å². The maximum atomic E-state index is 13.4. The van der Waals surface area contributed by atoms with Gasteiger partial charge in [0.1, 0.15) is 5.75 Å². The van der Waals surface area contributed by atoms with Gasteiger partial charge in [0.05, 0.1) is 35.6 Å². The number of rotatable bonds is 6. The summed E-state index contributed by atoms with van der Waals surface area (Å²) in [5.74, 6) is 0.216. The zero-order valence-corrected chi connectivity index (χ0v) is 19.5. The van der Waals surface area contributed by atoms with Crippen LogP contribution in [0.25, 0.3) is 12.2 Å². The molecule has 0 saturated heterocycles. The second-order valence-electron chi connectivity index (χ2n) is 7.37. The zero-order valence-electron chi connectivity index (χ0n) is 18.6. The number of nitrogens with zero attached hydrogens (tertiary/aromatic N) is 2. The van der Waals surface area contributed by atoms with Gasteiger partial charge in [-0.2, -0.15) is 0 Å². The number of methoxy groups -OCH3 is 1. The van der Waals surface area contributed by atoms with Crippen molar-refractivity contribution in [1.82, 2.24) is 4.57 Å². The highest BCUT2D eigenvalue weighted by Crippen LogP contribution is 2.31. The van der Waals surface area contributed by atoms with Gasteiger partial charge in [0.25, 0.3) is 5.56 Å². The summed E-state index contributed by atoms with van der Waals surface area (Å²) < 4.78 is 12.7. The van der Waals surface area contributed by atoms with Gasteiger partial charge >= 0.3 is 5.97 Å². The molecule has 0 amide bonds. The molecule has 1 aromatic heterocycles. The van der Waals surface area contributed by atoms with Crippen molar-refractivity contribution < 1.29 is 14.3 Å². The lowest BCUT2D eigenvalue weighted by Crippen LogP contribution is -2.39. The summed E-state index contributed by atoms with van der Waals surface area (Å²) in [6.07, 6.45) is 5.57. The van der Waals surface area contributed by atoms with E-state index < -0.39 is 12.0 Å². The lowest BCUT2D eigenvalue weighted by Gasteiger charge is -2.24. The Hall–Kier alpha value is -3.71. The van der Waals surface area contributed by atoms with Crippen LogP contribution < -0.4 is 19.6 Å². The van der Waals surface area contributed by atoms with E-state index in [0.29, 0.717) is 26.4 Å². The maximum absolute atomic E-state index is 13.4. The van der Waals surface area contributed by atoms with Gasteiger partial charge in [-0.1, -0.05) is 66.0 Å². The highest BCUT2D eigenvalue weighted by Gasteiger charge is 2.33. The number of benzene rings is 2. The van der Waals surface area contributed by atoms with E-state index in [1.807, 2.05) is 66.7 Å². The van der Waals surface area contributed by atoms with Crippen molar-refractivity contribution in [2.24, 2.45) is 4.99 Å². The van der Waals surface area contributed by atoms with E-state index in [4.69, 9.17) is 9.47 Å². The van der Waals surface area contributed by atoms with Gasteiger partial charge < -0.3 is 9.47 Å². The number of thiazole rings is 1. The van der Waals surface area contributed by atoms with E-state index in [9.17, 15) is 9.59 Å². The number of carbonyl (C=O) groups excluding carboxylic acids is 1. The second-order valence-corrected chi connectivity index (χ2v) is 8.38. The summed E-state index contributed by atoms with van der Waals surface area (Å²) in [7, 11) is 1.59. The van der Waals surface area contributed by atoms with Gasteiger partial charge in [-0.25, -0.2) is 9.79 Å². The van der Waals surface area contributed by atoms with E-state index >= 15 is 0 Å². The van der Waals surface area contributed by atoms with Crippen molar-refractivity contribution in [3.63, 3.8) is 0 Å². The van der Waals surface area contributed by atoms with E-state index in [-0.39, 0.29) is 12.2 Å². The zero-order chi connectivity index (χ0) is 23.4. The largest absolute Gasteiger partial charge is 0.497 e. The van der Waals surface area contributed by atoms with Crippen molar-refractivity contribution in [2.75, 3.05) is 13.7 Å². The molecular formula is C26H24N2O4S. The first-order valence-electron chi connectivity index (χ1n) is 10.6. The topological polar surface area (TPSA) is 69.9 Å². The number of allylic oxidation sites excluding steroid dienone is 2. The van der Waals surface area contributed by atoms with E-state index in [1.165, 1.54) is 11.3 Å². The molecule has 6 nitrogen and oxygen atoms in total. The first-order chi connectivity index (χ1) is 16.0. The molecule has 0 bridgehead atoms. The summed E-state index contributed by atoms with van der Waals surface area (Å²) in [5.41, 5.74) is 2.52. The Balaban J connectivity index is 1.85. The molecule has 1 atom stereocenters. The maximum Gasteiger partial charge on any atom is 0.338 e. The molecular weight excluding hydrogens is 436 g/mol. The highest BCUT2D eigenvalue weighted by atomic mass is 32.1. The first kappa shape index (κ1) is 22.5. The van der Waals surface area contributed by atoms with Gasteiger partial charge in [0.15, 0.2) is 4.80 Å². The third-order valence-corrected chi connectivity index (χ3v) is 6.29. The molecule has 2 heterocycles. The Morgan fingerprint density at radius 2 is 1.88 bits per heavy atom. The van der Waals surface area contributed by atoms with Crippen LogP contribution in [0, 0.1) is 0 Å². The SMILES string of the molecule is CCOC(=O)C1=C(C)N=c2s/c(=C/C=C/c3ccccc3)c(=O)n2C1c1ccc(OC)cc1. The third kappa shape index (κ3) is 4.59. The van der Waals surface area contributed by atoms with Crippen molar-refractivity contribution >= 4 is 29.5 Å². The normalized spacial score (nSPS) is 16.0. The molecule has 0 saturated carbocycles. The molecule has 7 heteroatoms. The summed E-state index contributed by atoms with van der Waals surface area (Å²) in [6, 6.07) is 16.6.